The zero-order valence-corrected chi connectivity index (χ0v) is 6.73. The Bertz CT molecular complexity index is 51.5. The van der Waals surface area contributed by atoms with E-state index in [9.17, 15) is 0 Å². The second-order valence-electron chi connectivity index (χ2n) is 1.54. The maximum absolute atomic E-state index is 4.67. The van der Waals surface area contributed by atoms with Crippen molar-refractivity contribution in [3.63, 3.8) is 0 Å². The molecule has 0 amide bonds. The molecule has 0 saturated heterocycles. The fraction of sp³-hybridized carbons (Fsp3) is 0.667. The van der Waals surface area contributed by atoms with Gasteiger partial charge in [0.15, 0.2) is 0 Å². The summed E-state index contributed by atoms with van der Waals surface area (Å²) in [4.78, 5) is 0. The average molecular weight is 147 g/mol. The number of rotatable bonds is 4. The topological polar surface area (TPSA) is 0 Å². The minimum Gasteiger partial charge on any atom is -0.0877 e. The Balaban J connectivity index is 2.83. The summed E-state index contributed by atoms with van der Waals surface area (Å²) >= 11 is 4.67. The fourth-order valence-corrected chi connectivity index (χ4v) is 0.842. The van der Waals surface area contributed by atoms with Crippen LogP contribution in [0.15, 0.2) is 12.2 Å². The second-order valence-corrected chi connectivity index (χ2v) is 2.82. The molecule has 0 nitrogen and oxygen atoms in total. The van der Waals surface area contributed by atoms with E-state index in [2.05, 4.69) is 30.7 Å². The summed E-state index contributed by atoms with van der Waals surface area (Å²) in [6, 6.07) is 0. The van der Waals surface area contributed by atoms with Gasteiger partial charge in [-0.2, -0.15) is 0 Å². The molecule has 2 heteroatoms. The van der Waals surface area contributed by atoms with Gasteiger partial charge in [-0.3, -0.25) is 0 Å². The van der Waals surface area contributed by atoms with E-state index in [-0.39, 0.29) is 0 Å². The Labute approximate surface area is 60.6 Å². The van der Waals surface area contributed by atoms with Crippen molar-refractivity contribution in [2.75, 3.05) is 5.75 Å². The van der Waals surface area contributed by atoms with Crippen molar-refractivity contribution < 1.29 is 0 Å². The molecule has 0 saturated carbocycles. The molecule has 0 aromatic rings. The van der Waals surface area contributed by atoms with Crippen LogP contribution in [0.25, 0.3) is 0 Å². The molecular weight excluding hydrogens is 136 g/mol. The van der Waals surface area contributed by atoms with Crippen LogP contribution in [0.5, 0.6) is 0 Å². The third-order valence-electron chi connectivity index (χ3n) is 0.786. The Morgan fingerprint density at radius 1 is 1.50 bits per heavy atom. The van der Waals surface area contributed by atoms with Crippen molar-refractivity contribution in [1.29, 1.82) is 0 Å². The van der Waals surface area contributed by atoms with Gasteiger partial charge >= 0.3 is 0 Å². The molecule has 0 N–H and O–H groups in total. The molecule has 0 heterocycles. The maximum Gasteiger partial charge on any atom is 0.0226 e. The van der Waals surface area contributed by atoms with E-state index < -0.39 is 0 Å². The average Bonchev–Trinajstić information content (AvgIpc) is 1.81. The van der Waals surface area contributed by atoms with Gasteiger partial charge in [0.25, 0.3) is 0 Å². The number of allylic oxidation sites excluding steroid dienone is 1. The number of unbranched alkanes of at least 4 members (excludes halogenated alkanes) is 1. The molecule has 0 aliphatic heterocycles. The highest BCUT2D eigenvalue weighted by atomic mass is 33.1. The number of hydrogen-bond acceptors (Lipinski definition) is 1. The van der Waals surface area contributed by atoms with Crippen molar-refractivity contribution >= 4 is 22.5 Å². The lowest BCUT2D eigenvalue weighted by molar-refractivity contribution is 0.957. The van der Waals surface area contributed by atoms with Crippen LogP contribution in [-0.4, -0.2) is 5.75 Å². The van der Waals surface area contributed by atoms with E-state index in [0.29, 0.717) is 0 Å². The van der Waals surface area contributed by atoms with Gasteiger partial charge in [0, 0.05) is 5.75 Å². The molecule has 0 bridgehead atoms. The Hall–Kier alpha value is 0.440. The predicted molar refractivity (Wildman–Crippen MR) is 44.1 cm³/mol. The lowest BCUT2D eigenvalue weighted by atomic mass is 10.3. The third-order valence-corrected chi connectivity index (χ3v) is 1.52. The summed E-state index contributed by atoms with van der Waals surface area (Å²) in [7, 11) is 1.45. The van der Waals surface area contributed by atoms with Crippen molar-refractivity contribution in [2.45, 2.75) is 19.8 Å². The first-order valence-electron chi connectivity index (χ1n) is 2.81. The SMILES string of the molecule is CCC/C=C/CS[S]. The molecule has 0 fully saturated rings. The minimum absolute atomic E-state index is 0.981. The van der Waals surface area contributed by atoms with E-state index in [0.717, 1.165) is 5.75 Å². The highest BCUT2D eigenvalue weighted by Crippen LogP contribution is 2.04. The normalized spacial score (nSPS) is 10.8. The Morgan fingerprint density at radius 3 is 2.75 bits per heavy atom. The third kappa shape index (κ3) is 6.44. The summed E-state index contributed by atoms with van der Waals surface area (Å²) in [5.41, 5.74) is 0. The zero-order valence-electron chi connectivity index (χ0n) is 5.09. The van der Waals surface area contributed by atoms with E-state index in [4.69, 9.17) is 0 Å². The molecule has 0 aliphatic carbocycles. The van der Waals surface area contributed by atoms with Crippen LogP contribution in [0.4, 0.5) is 0 Å². The van der Waals surface area contributed by atoms with Crippen LogP contribution in [0, 0.1) is 0 Å². The maximum atomic E-state index is 4.67. The van der Waals surface area contributed by atoms with Crippen molar-refractivity contribution in [3.05, 3.63) is 12.2 Å². The van der Waals surface area contributed by atoms with Crippen LogP contribution in [0.1, 0.15) is 19.8 Å². The van der Waals surface area contributed by atoms with Crippen molar-refractivity contribution in [1.82, 2.24) is 0 Å². The van der Waals surface area contributed by atoms with Crippen molar-refractivity contribution in [2.24, 2.45) is 0 Å². The number of hydrogen-bond donors (Lipinski definition) is 0. The molecule has 0 aromatic heterocycles. The largest absolute Gasteiger partial charge is 0.0877 e. The molecule has 1 radical (unpaired) electrons. The van der Waals surface area contributed by atoms with Gasteiger partial charge in [-0.05, 0) is 18.1 Å². The van der Waals surface area contributed by atoms with Gasteiger partial charge in [-0.1, -0.05) is 36.3 Å². The molecule has 47 valence electrons. The molecule has 0 aliphatic rings. The smallest absolute Gasteiger partial charge is 0.0226 e. The monoisotopic (exact) mass is 147 g/mol. The molecule has 0 spiro atoms. The lowest BCUT2D eigenvalue weighted by Gasteiger charge is -1.82. The van der Waals surface area contributed by atoms with Crippen LogP contribution in [0.3, 0.4) is 0 Å². The summed E-state index contributed by atoms with van der Waals surface area (Å²) in [5, 5.41) is 0. The highest BCUT2D eigenvalue weighted by molar-refractivity contribution is 8.68. The van der Waals surface area contributed by atoms with Crippen LogP contribution in [0.2, 0.25) is 0 Å². The molecule has 0 aromatic carbocycles. The Kier molecular flexibility index (Phi) is 7.85. The summed E-state index contributed by atoms with van der Waals surface area (Å²) < 4.78 is 0. The van der Waals surface area contributed by atoms with Crippen LogP contribution >= 0.6 is 22.5 Å². The van der Waals surface area contributed by atoms with E-state index in [1.807, 2.05) is 0 Å². The quantitative estimate of drug-likeness (QED) is 0.435. The summed E-state index contributed by atoms with van der Waals surface area (Å²) in [6.45, 7) is 2.17. The first kappa shape index (κ1) is 8.44. The van der Waals surface area contributed by atoms with E-state index in [1.54, 1.807) is 0 Å². The van der Waals surface area contributed by atoms with E-state index >= 15 is 0 Å². The second kappa shape index (κ2) is 7.44. The molecule has 0 rings (SSSR count). The minimum atomic E-state index is 0.981. The summed E-state index contributed by atoms with van der Waals surface area (Å²) in [6.07, 6.45) is 6.73. The molecular formula is C6H11S2. The molecule has 0 atom stereocenters. The lowest BCUT2D eigenvalue weighted by Crippen LogP contribution is -1.64. The molecule has 8 heavy (non-hydrogen) atoms. The van der Waals surface area contributed by atoms with Gasteiger partial charge in [0.2, 0.25) is 0 Å². The predicted octanol–water partition coefficient (Wildman–Crippen LogP) is 3.19. The first-order valence-corrected chi connectivity index (χ1v) is 4.72. The standard InChI is InChI=1S/C6H11S2/c1-2-3-4-5-6-8-7/h4-5H,2-3,6H2,1H3/b5-4+. The van der Waals surface area contributed by atoms with E-state index in [1.165, 1.54) is 23.6 Å². The van der Waals surface area contributed by atoms with Crippen LogP contribution in [-0.2, 0) is 0 Å². The Morgan fingerprint density at radius 2 is 2.25 bits per heavy atom. The van der Waals surface area contributed by atoms with Gasteiger partial charge in [0.1, 0.15) is 0 Å². The highest BCUT2D eigenvalue weighted by Gasteiger charge is 1.73. The van der Waals surface area contributed by atoms with Gasteiger partial charge in [-0.15, -0.1) is 0 Å². The zero-order chi connectivity index (χ0) is 6.24. The van der Waals surface area contributed by atoms with Gasteiger partial charge in [0.05, 0.1) is 0 Å². The fourth-order valence-electron chi connectivity index (χ4n) is 0.392. The van der Waals surface area contributed by atoms with Crippen molar-refractivity contribution in [3.8, 4) is 0 Å². The molecule has 0 unspecified atom stereocenters. The first-order chi connectivity index (χ1) is 3.91. The van der Waals surface area contributed by atoms with Gasteiger partial charge in [-0.25, -0.2) is 0 Å². The van der Waals surface area contributed by atoms with Crippen LogP contribution < -0.4 is 0 Å². The summed E-state index contributed by atoms with van der Waals surface area (Å²) in [5.74, 6) is 0.981. The van der Waals surface area contributed by atoms with Gasteiger partial charge < -0.3 is 0 Å².